The van der Waals surface area contributed by atoms with Gasteiger partial charge in [-0.15, -0.1) is 0 Å². The van der Waals surface area contributed by atoms with Crippen molar-refractivity contribution < 1.29 is 19.1 Å². The molecule has 0 spiro atoms. The van der Waals surface area contributed by atoms with E-state index in [2.05, 4.69) is 0 Å². The van der Waals surface area contributed by atoms with Gasteiger partial charge in [-0.1, -0.05) is 0 Å². The van der Waals surface area contributed by atoms with Crippen molar-refractivity contribution in [2.24, 2.45) is 0 Å². The summed E-state index contributed by atoms with van der Waals surface area (Å²) in [5.41, 5.74) is 0. The molecule has 4 nitrogen and oxygen atoms in total. The van der Waals surface area contributed by atoms with Crippen LogP contribution in [0.5, 0.6) is 0 Å². The molecule has 2 N–H and O–H groups in total. The van der Waals surface area contributed by atoms with Crippen LogP contribution in [0.25, 0.3) is 0 Å². The van der Waals surface area contributed by atoms with Gasteiger partial charge < -0.3 is 14.3 Å². The molecule has 0 aliphatic carbocycles. The number of aliphatic carboxylic acids is 1. The molecular formula is C3H10O4Si2. The van der Waals surface area contributed by atoms with Gasteiger partial charge in [0.25, 0.3) is 0 Å². The van der Waals surface area contributed by atoms with Crippen LogP contribution in [0, 0.1) is 0 Å². The molecule has 0 amide bonds. The van der Waals surface area contributed by atoms with Gasteiger partial charge in [-0.2, -0.15) is 0 Å². The molecule has 0 aromatic heterocycles. The summed E-state index contributed by atoms with van der Waals surface area (Å²) in [5, 5.41) is 16.8. The molecule has 0 heterocycles. The first-order valence-corrected chi connectivity index (χ1v) is 4.97. The van der Waals surface area contributed by atoms with Crippen LogP contribution in [0.2, 0.25) is 6.04 Å². The minimum Gasteiger partial charge on any atom is -0.479 e. The molecule has 1 unspecified atom stereocenters. The maximum Gasteiger partial charge on any atom is 0.332 e. The van der Waals surface area contributed by atoms with Crippen LogP contribution in [0.1, 0.15) is 0 Å². The Labute approximate surface area is 58.3 Å². The highest BCUT2D eigenvalue weighted by Gasteiger charge is 2.11. The third-order valence-electron chi connectivity index (χ3n) is 0.880. The zero-order chi connectivity index (χ0) is 7.28. The quantitative estimate of drug-likeness (QED) is 0.444. The maximum absolute atomic E-state index is 9.93. The summed E-state index contributed by atoms with van der Waals surface area (Å²) in [6.07, 6.45) is -1.20. The average Bonchev–Trinajstić information content (AvgIpc) is 1.82. The number of hydrogen-bond acceptors (Lipinski definition) is 3. The standard InChI is InChI=1S/C3H10O4Si2/c4-2(3(5)6)1-9-7-8/h2,4H,1,9H2,8H3,(H,5,6). The van der Waals surface area contributed by atoms with Gasteiger partial charge in [0.1, 0.15) is 20.2 Å². The number of carbonyl (C=O) groups is 1. The van der Waals surface area contributed by atoms with Crippen molar-refractivity contribution in [1.29, 1.82) is 0 Å². The second-order valence-electron chi connectivity index (χ2n) is 1.64. The topological polar surface area (TPSA) is 66.8 Å². The third-order valence-corrected chi connectivity index (χ3v) is 3.30. The predicted octanol–water partition coefficient (Wildman–Crippen LogP) is -2.77. The lowest BCUT2D eigenvalue weighted by Gasteiger charge is -2.01. The smallest absolute Gasteiger partial charge is 0.332 e. The molecular weight excluding hydrogens is 156 g/mol. The van der Waals surface area contributed by atoms with E-state index in [9.17, 15) is 4.79 Å². The van der Waals surface area contributed by atoms with Gasteiger partial charge in [0.05, 0.1) is 0 Å². The Morgan fingerprint density at radius 3 is 2.78 bits per heavy atom. The maximum atomic E-state index is 9.93. The first kappa shape index (κ1) is 8.82. The number of aliphatic hydroxyl groups excluding tert-OH is 1. The Morgan fingerprint density at radius 2 is 2.44 bits per heavy atom. The highest BCUT2D eigenvalue weighted by Crippen LogP contribution is 1.89. The molecule has 54 valence electrons. The first-order chi connectivity index (χ1) is 4.18. The molecule has 6 heteroatoms. The number of rotatable bonds is 4. The Bertz CT molecular complexity index is 95.8. The van der Waals surface area contributed by atoms with Crippen LogP contribution in [-0.4, -0.2) is 42.5 Å². The van der Waals surface area contributed by atoms with Crippen LogP contribution < -0.4 is 0 Å². The SMILES string of the molecule is O=C(O)C(O)C[SiH2]O[SiH3]. The van der Waals surface area contributed by atoms with Crippen LogP contribution >= 0.6 is 0 Å². The average molecular weight is 166 g/mol. The Hall–Kier alpha value is -0.176. The molecule has 0 aromatic rings. The normalized spacial score (nSPS) is 14.8. The summed E-state index contributed by atoms with van der Waals surface area (Å²) in [6.45, 7) is 0. The minimum absolute atomic E-state index is 0.318. The van der Waals surface area contributed by atoms with Crippen molar-refractivity contribution in [3.05, 3.63) is 0 Å². The second kappa shape index (κ2) is 4.68. The van der Waals surface area contributed by atoms with Crippen molar-refractivity contribution in [2.75, 3.05) is 0 Å². The molecule has 1 atom stereocenters. The summed E-state index contributed by atoms with van der Waals surface area (Å²) in [7, 11) is -0.0896. The number of carboxylic acid groups (broad SMARTS) is 1. The first-order valence-electron chi connectivity index (χ1n) is 2.58. The van der Waals surface area contributed by atoms with E-state index >= 15 is 0 Å². The van der Waals surface area contributed by atoms with Crippen molar-refractivity contribution in [3.63, 3.8) is 0 Å². The summed E-state index contributed by atoms with van der Waals surface area (Å²) in [4.78, 5) is 9.93. The predicted molar refractivity (Wildman–Crippen MR) is 38.0 cm³/mol. The van der Waals surface area contributed by atoms with E-state index in [4.69, 9.17) is 14.3 Å². The molecule has 0 fully saturated rings. The van der Waals surface area contributed by atoms with E-state index < -0.39 is 21.8 Å². The van der Waals surface area contributed by atoms with Crippen molar-refractivity contribution in [3.8, 4) is 0 Å². The molecule has 0 aliphatic rings. The lowest BCUT2D eigenvalue weighted by molar-refractivity contribution is -0.145. The number of aliphatic hydroxyl groups is 1. The van der Waals surface area contributed by atoms with Gasteiger partial charge in [-0.25, -0.2) is 4.79 Å². The van der Waals surface area contributed by atoms with Gasteiger partial charge in [0.2, 0.25) is 0 Å². The summed E-state index contributed by atoms with van der Waals surface area (Å²) in [6, 6.07) is 0.318. The molecule has 0 saturated carbocycles. The molecule has 0 saturated heterocycles. The fourth-order valence-corrected chi connectivity index (χ4v) is 1.77. The zero-order valence-electron chi connectivity index (χ0n) is 5.20. The van der Waals surface area contributed by atoms with Gasteiger partial charge in [-0.3, -0.25) is 0 Å². The van der Waals surface area contributed by atoms with E-state index in [-0.39, 0.29) is 0 Å². The third kappa shape index (κ3) is 4.34. The highest BCUT2D eigenvalue weighted by molar-refractivity contribution is 6.34. The van der Waals surface area contributed by atoms with Gasteiger partial charge in [0, 0.05) is 0 Å². The van der Waals surface area contributed by atoms with Crippen LogP contribution in [0.4, 0.5) is 0 Å². The van der Waals surface area contributed by atoms with E-state index in [1.807, 2.05) is 0 Å². The zero-order valence-corrected chi connectivity index (χ0v) is 8.62. The minimum atomic E-state index is -1.20. The Kier molecular flexibility index (Phi) is 4.59. The van der Waals surface area contributed by atoms with E-state index in [0.29, 0.717) is 16.5 Å². The van der Waals surface area contributed by atoms with Crippen molar-refractivity contribution in [2.45, 2.75) is 12.1 Å². The summed E-state index contributed by atoms with van der Waals surface area (Å²) in [5.74, 6) is -1.15. The van der Waals surface area contributed by atoms with Crippen molar-refractivity contribution >= 4 is 26.2 Å². The highest BCUT2D eigenvalue weighted by atomic mass is 28.3. The number of carboxylic acids is 1. The molecule has 0 radical (unpaired) electrons. The molecule has 0 aromatic carbocycles. The van der Waals surface area contributed by atoms with E-state index in [1.165, 1.54) is 0 Å². The lowest BCUT2D eigenvalue weighted by atomic mass is 10.4. The van der Waals surface area contributed by atoms with Gasteiger partial charge >= 0.3 is 5.97 Å². The summed E-state index contributed by atoms with van der Waals surface area (Å²) < 4.78 is 4.82. The van der Waals surface area contributed by atoms with Gasteiger partial charge in [-0.05, 0) is 6.04 Å². The molecule has 9 heavy (non-hydrogen) atoms. The van der Waals surface area contributed by atoms with Crippen LogP contribution in [0.3, 0.4) is 0 Å². The second-order valence-corrected chi connectivity index (χ2v) is 4.93. The fourth-order valence-electron chi connectivity index (χ4n) is 0.353. The Balaban J connectivity index is 3.27. The monoisotopic (exact) mass is 166 g/mol. The largest absolute Gasteiger partial charge is 0.479 e. The molecule has 0 bridgehead atoms. The fraction of sp³-hybridized carbons (Fsp3) is 0.667. The van der Waals surface area contributed by atoms with Crippen LogP contribution in [0.15, 0.2) is 0 Å². The number of hydrogen-bond donors (Lipinski definition) is 2. The lowest BCUT2D eigenvalue weighted by Crippen LogP contribution is -2.21. The summed E-state index contributed by atoms with van der Waals surface area (Å²) >= 11 is 0. The molecule has 0 aliphatic heterocycles. The van der Waals surface area contributed by atoms with E-state index in [0.717, 1.165) is 0 Å². The Morgan fingerprint density at radius 1 is 1.89 bits per heavy atom. The van der Waals surface area contributed by atoms with Crippen molar-refractivity contribution in [1.82, 2.24) is 0 Å². The van der Waals surface area contributed by atoms with Gasteiger partial charge in [0.15, 0.2) is 6.10 Å². The van der Waals surface area contributed by atoms with E-state index in [1.54, 1.807) is 0 Å². The molecule has 0 rings (SSSR count). The van der Waals surface area contributed by atoms with Crippen LogP contribution in [-0.2, 0) is 8.91 Å².